The van der Waals surface area contributed by atoms with Gasteiger partial charge >= 0.3 is 13.0 Å². The van der Waals surface area contributed by atoms with Gasteiger partial charge in [0.15, 0.2) is 6.79 Å². The molecule has 0 N–H and O–H groups in total. The van der Waals surface area contributed by atoms with E-state index in [4.69, 9.17) is 0 Å². The SMILES string of the molecule is FC(F)OCOC(F)(F)F. The van der Waals surface area contributed by atoms with Crippen LogP contribution in [-0.4, -0.2) is 19.8 Å². The van der Waals surface area contributed by atoms with Crippen molar-refractivity contribution in [3.8, 4) is 0 Å². The van der Waals surface area contributed by atoms with Gasteiger partial charge in [-0.2, -0.15) is 8.78 Å². The minimum absolute atomic E-state index is 1.48. The monoisotopic (exact) mass is 166 g/mol. The molecule has 0 aliphatic carbocycles. The molecule has 0 bridgehead atoms. The van der Waals surface area contributed by atoms with Gasteiger partial charge < -0.3 is 0 Å². The van der Waals surface area contributed by atoms with Gasteiger partial charge in [0.25, 0.3) is 0 Å². The number of halogens is 5. The van der Waals surface area contributed by atoms with Crippen LogP contribution in [0.4, 0.5) is 22.0 Å². The molecule has 0 heterocycles. The molecular formula is C3H3F5O2. The summed E-state index contributed by atoms with van der Waals surface area (Å²) in [6.45, 7) is -4.73. The second-order valence-corrected chi connectivity index (χ2v) is 1.14. The molecule has 0 rings (SSSR count). The molecule has 0 spiro atoms. The Morgan fingerprint density at radius 1 is 1.20 bits per heavy atom. The summed E-state index contributed by atoms with van der Waals surface area (Å²) in [7, 11) is 0. The highest BCUT2D eigenvalue weighted by Crippen LogP contribution is 2.16. The molecule has 0 aromatic heterocycles. The van der Waals surface area contributed by atoms with Crippen LogP contribution in [0, 0.1) is 0 Å². The third kappa shape index (κ3) is 7.57. The zero-order chi connectivity index (χ0) is 8.20. The Labute approximate surface area is 52.5 Å². The van der Waals surface area contributed by atoms with Crippen molar-refractivity contribution in [3.63, 3.8) is 0 Å². The van der Waals surface area contributed by atoms with Gasteiger partial charge in [0.05, 0.1) is 0 Å². The van der Waals surface area contributed by atoms with Gasteiger partial charge in [0, 0.05) is 0 Å². The van der Waals surface area contributed by atoms with Crippen molar-refractivity contribution in [1.29, 1.82) is 0 Å². The summed E-state index contributed by atoms with van der Waals surface area (Å²) in [4.78, 5) is 0. The summed E-state index contributed by atoms with van der Waals surface area (Å²) in [6.07, 6.45) is -4.92. The van der Waals surface area contributed by atoms with E-state index >= 15 is 0 Å². The van der Waals surface area contributed by atoms with E-state index < -0.39 is 19.8 Å². The van der Waals surface area contributed by atoms with Crippen LogP contribution in [0.1, 0.15) is 0 Å². The van der Waals surface area contributed by atoms with Crippen LogP contribution in [0.25, 0.3) is 0 Å². The van der Waals surface area contributed by atoms with Gasteiger partial charge in [-0.3, -0.25) is 9.47 Å². The first-order chi connectivity index (χ1) is 4.42. The quantitative estimate of drug-likeness (QED) is 0.469. The first-order valence-corrected chi connectivity index (χ1v) is 2.02. The molecule has 0 fully saturated rings. The summed E-state index contributed by atoms with van der Waals surface area (Å²) in [6, 6.07) is 0. The molecule has 0 aliphatic heterocycles. The fourth-order valence-electron chi connectivity index (χ4n) is 0.152. The molecule has 2 nitrogen and oxygen atoms in total. The van der Waals surface area contributed by atoms with E-state index in [9.17, 15) is 22.0 Å². The third-order valence-corrected chi connectivity index (χ3v) is 0.417. The van der Waals surface area contributed by atoms with Crippen molar-refractivity contribution in [3.05, 3.63) is 0 Å². The van der Waals surface area contributed by atoms with E-state index in [0.717, 1.165) is 0 Å². The molecule has 0 saturated heterocycles. The summed E-state index contributed by atoms with van der Waals surface area (Å²) in [5.74, 6) is 0. The fourth-order valence-corrected chi connectivity index (χ4v) is 0.152. The van der Waals surface area contributed by atoms with Gasteiger partial charge in [-0.15, -0.1) is 13.2 Å². The van der Waals surface area contributed by atoms with Crippen LogP contribution in [0.2, 0.25) is 0 Å². The van der Waals surface area contributed by atoms with E-state index in [0.29, 0.717) is 0 Å². The van der Waals surface area contributed by atoms with Crippen LogP contribution in [-0.2, 0) is 9.47 Å². The predicted molar refractivity (Wildman–Crippen MR) is 19.1 cm³/mol. The Balaban J connectivity index is 3.21. The second kappa shape index (κ2) is 3.67. The summed E-state index contributed by atoms with van der Waals surface area (Å²) in [5.41, 5.74) is 0. The average Bonchev–Trinajstić information content (AvgIpc) is 1.59. The number of rotatable bonds is 3. The predicted octanol–water partition coefficient (Wildman–Crippen LogP) is 1.72. The van der Waals surface area contributed by atoms with E-state index in [1.165, 1.54) is 0 Å². The number of ether oxygens (including phenoxy) is 2. The smallest absolute Gasteiger partial charge is 0.296 e. The zero-order valence-corrected chi connectivity index (χ0v) is 4.49. The highest BCUT2D eigenvalue weighted by Gasteiger charge is 2.29. The highest BCUT2D eigenvalue weighted by atomic mass is 19.4. The first-order valence-electron chi connectivity index (χ1n) is 2.02. The van der Waals surface area contributed by atoms with Crippen LogP contribution in [0.5, 0.6) is 0 Å². The molecule has 0 aromatic rings. The lowest BCUT2D eigenvalue weighted by molar-refractivity contribution is -0.363. The number of alkyl halides is 5. The maximum absolute atomic E-state index is 11.0. The van der Waals surface area contributed by atoms with Crippen molar-refractivity contribution >= 4 is 0 Å². The summed E-state index contributed by atoms with van der Waals surface area (Å²) in [5, 5.41) is 0. The molecular weight excluding hydrogens is 163 g/mol. The van der Waals surface area contributed by atoms with Crippen molar-refractivity contribution in [2.45, 2.75) is 13.0 Å². The summed E-state index contributed by atoms with van der Waals surface area (Å²) < 4.78 is 60.7. The minimum atomic E-state index is -4.92. The maximum Gasteiger partial charge on any atom is 0.524 e. The van der Waals surface area contributed by atoms with Gasteiger partial charge in [-0.25, -0.2) is 0 Å². The first kappa shape index (κ1) is 9.57. The Morgan fingerprint density at radius 3 is 2.00 bits per heavy atom. The summed E-state index contributed by atoms with van der Waals surface area (Å²) >= 11 is 0. The molecule has 10 heavy (non-hydrogen) atoms. The van der Waals surface area contributed by atoms with Gasteiger partial charge in [-0.1, -0.05) is 0 Å². The Kier molecular flexibility index (Phi) is 3.51. The second-order valence-electron chi connectivity index (χ2n) is 1.14. The molecule has 62 valence electrons. The average molecular weight is 166 g/mol. The third-order valence-electron chi connectivity index (χ3n) is 0.417. The molecule has 0 atom stereocenters. The molecule has 0 aromatic carbocycles. The lowest BCUT2D eigenvalue weighted by atomic mass is 11.2. The highest BCUT2D eigenvalue weighted by molar-refractivity contribution is 4.20. The number of hydrogen-bond acceptors (Lipinski definition) is 2. The van der Waals surface area contributed by atoms with Crippen LogP contribution >= 0.6 is 0 Å². The topological polar surface area (TPSA) is 18.5 Å². The number of hydrogen-bond donors (Lipinski definition) is 0. The molecule has 0 aliphatic rings. The Hall–Kier alpha value is -0.430. The Bertz CT molecular complexity index is 89.4. The van der Waals surface area contributed by atoms with Crippen molar-refractivity contribution < 1.29 is 31.4 Å². The van der Waals surface area contributed by atoms with Crippen molar-refractivity contribution in [2.24, 2.45) is 0 Å². The van der Waals surface area contributed by atoms with Crippen LogP contribution in [0.3, 0.4) is 0 Å². The standard InChI is InChI=1S/C3H3F5O2/c4-2(5)9-1-10-3(6,7)8/h2H,1H2. The van der Waals surface area contributed by atoms with Crippen LogP contribution in [0.15, 0.2) is 0 Å². The lowest BCUT2D eigenvalue weighted by Gasteiger charge is -2.06. The maximum atomic E-state index is 11.0. The molecule has 7 heteroatoms. The fraction of sp³-hybridized carbons (Fsp3) is 1.00. The van der Waals surface area contributed by atoms with Crippen molar-refractivity contribution in [2.75, 3.05) is 6.79 Å². The van der Waals surface area contributed by atoms with Gasteiger partial charge in [0.1, 0.15) is 0 Å². The van der Waals surface area contributed by atoms with E-state index in [1.807, 2.05) is 0 Å². The molecule has 0 radical (unpaired) electrons. The molecule has 0 unspecified atom stereocenters. The van der Waals surface area contributed by atoms with Gasteiger partial charge in [-0.05, 0) is 0 Å². The van der Waals surface area contributed by atoms with Crippen LogP contribution < -0.4 is 0 Å². The molecule has 0 saturated carbocycles. The van der Waals surface area contributed by atoms with E-state index in [1.54, 1.807) is 0 Å². The van der Waals surface area contributed by atoms with E-state index in [-0.39, 0.29) is 0 Å². The van der Waals surface area contributed by atoms with Crippen molar-refractivity contribution in [1.82, 2.24) is 0 Å². The zero-order valence-electron chi connectivity index (χ0n) is 4.49. The lowest BCUT2D eigenvalue weighted by Crippen LogP contribution is -2.17. The van der Waals surface area contributed by atoms with Gasteiger partial charge in [0.2, 0.25) is 0 Å². The largest absolute Gasteiger partial charge is 0.524 e. The molecule has 0 amide bonds. The normalized spacial score (nSPS) is 12.6. The van der Waals surface area contributed by atoms with E-state index in [2.05, 4.69) is 9.47 Å². The Morgan fingerprint density at radius 2 is 1.70 bits per heavy atom. The minimum Gasteiger partial charge on any atom is -0.296 e.